The van der Waals surface area contributed by atoms with Gasteiger partial charge in [-0.2, -0.15) is 0 Å². The van der Waals surface area contributed by atoms with Crippen molar-refractivity contribution in [3.05, 3.63) is 0 Å². The maximum Gasteiger partial charge on any atom is 0.303 e. The molecule has 352 valence electrons. The fraction of sp³-hybridized carbons (Fsp3) is 0.900. The van der Waals surface area contributed by atoms with Gasteiger partial charge in [-0.3, -0.25) is 24.0 Å². The van der Waals surface area contributed by atoms with Gasteiger partial charge in [-0.25, -0.2) is 0 Å². The number of nitrogens with one attached hydrogen (secondary N) is 1. The molecule has 60 heavy (non-hydrogen) atoms. The number of amides is 1. The largest absolute Gasteiger partial charge is 0.464 e. The average molecular weight is 852 g/mol. The Kier molecular flexibility index (Phi) is 39.8. The molecule has 0 spiro atoms. The number of rotatable bonds is 43. The Hall–Kier alpha value is -2.65. The molecule has 1 amide bonds. The van der Waals surface area contributed by atoms with Gasteiger partial charge >= 0.3 is 23.9 Å². The number of hydrogen-bond acceptors (Lipinski definition) is 9. The lowest BCUT2D eigenvalue weighted by Gasteiger charge is -2.33. The number of hydrogen-bond donors (Lipinski definition) is 1. The molecule has 0 rings (SSSR count). The maximum absolute atomic E-state index is 13.7. The molecule has 0 fully saturated rings. The first kappa shape index (κ1) is 57.3. The summed E-state index contributed by atoms with van der Waals surface area (Å²) in [6, 6.07) is -1.04. The van der Waals surface area contributed by atoms with Gasteiger partial charge in [0, 0.05) is 27.7 Å². The van der Waals surface area contributed by atoms with Crippen LogP contribution in [0.5, 0.6) is 0 Å². The van der Waals surface area contributed by atoms with Crippen molar-refractivity contribution in [3.63, 3.8) is 0 Å². The molecule has 0 unspecified atom stereocenters. The Morgan fingerprint density at radius 2 is 0.700 bits per heavy atom. The van der Waals surface area contributed by atoms with Crippen LogP contribution in [0.4, 0.5) is 0 Å². The summed E-state index contributed by atoms with van der Waals surface area (Å²) in [7, 11) is 0. The first-order valence-corrected chi connectivity index (χ1v) is 25.0. The standard InChI is InChI=1S/C50H93NO9/c1-7-9-11-13-15-17-19-21-22-23-24-25-26-27-28-30-32-34-36-38-40-48(59-44(5)54)50(56)51-46(41-57-42(3)52)49(60-45(6)55)47(58-43(4)53)39-37-35-33-31-29-20-18-16-14-12-10-8-2/h46-49H,7-41H2,1-6H3,(H,51,56)/t46-,47+,48-,49+/m0/s1. The SMILES string of the molecule is CCCCCCCCCCCCCCCCCCCCCC[C@H](OC(C)=O)C(=O)N[C@@H](COC(C)=O)[C@@H](OC(C)=O)[C@@H](CCCCCCCCCCCCCC)OC(C)=O. The van der Waals surface area contributed by atoms with E-state index < -0.39 is 54.1 Å². The molecule has 0 saturated carbocycles. The Labute approximate surface area is 367 Å². The summed E-state index contributed by atoms with van der Waals surface area (Å²) in [6.07, 6.45) is 37.1. The van der Waals surface area contributed by atoms with Gasteiger partial charge in [0.2, 0.25) is 0 Å². The number of ether oxygens (including phenoxy) is 4. The Balaban J connectivity index is 4.90. The van der Waals surface area contributed by atoms with Crippen LogP contribution in [-0.2, 0) is 42.9 Å². The Bertz CT molecular complexity index is 1070. The molecule has 1 N–H and O–H groups in total. The summed E-state index contributed by atoms with van der Waals surface area (Å²) in [5.41, 5.74) is 0. The van der Waals surface area contributed by atoms with E-state index in [0.29, 0.717) is 19.3 Å². The minimum atomic E-state index is -1.12. The summed E-state index contributed by atoms with van der Waals surface area (Å²) < 4.78 is 22.2. The minimum Gasteiger partial charge on any atom is -0.464 e. The molecule has 0 bridgehead atoms. The lowest BCUT2D eigenvalue weighted by Crippen LogP contribution is -2.56. The Morgan fingerprint density at radius 1 is 0.383 bits per heavy atom. The summed E-state index contributed by atoms with van der Waals surface area (Å²) in [5.74, 6) is -2.92. The molecule has 0 aliphatic rings. The van der Waals surface area contributed by atoms with Gasteiger partial charge in [0.25, 0.3) is 5.91 Å². The van der Waals surface area contributed by atoms with Gasteiger partial charge < -0.3 is 24.3 Å². The summed E-state index contributed by atoms with van der Waals surface area (Å²) >= 11 is 0. The second-order valence-corrected chi connectivity index (χ2v) is 17.4. The van der Waals surface area contributed by atoms with E-state index in [0.717, 1.165) is 44.9 Å². The van der Waals surface area contributed by atoms with Crippen LogP contribution in [0.1, 0.15) is 260 Å². The fourth-order valence-corrected chi connectivity index (χ4v) is 8.03. The molecule has 0 aromatic carbocycles. The average Bonchev–Trinajstić information content (AvgIpc) is 3.19. The molecule has 0 radical (unpaired) electrons. The lowest BCUT2D eigenvalue weighted by atomic mass is 9.98. The molecule has 0 aliphatic heterocycles. The second-order valence-electron chi connectivity index (χ2n) is 17.4. The van der Waals surface area contributed by atoms with E-state index in [1.165, 1.54) is 182 Å². The quantitative estimate of drug-likeness (QED) is 0.0361. The van der Waals surface area contributed by atoms with Crippen LogP contribution in [-0.4, -0.2) is 60.7 Å². The van der Waals surface area contributed by atoms with Crippen molar-refractivity contribution in [2.75, 3.05) is 6.61 Å². The first-order valence-electron chi connectivity index (χ1n) is 25.0. The highest BCUT2D eigenvalue weighted by Crippen LogP contribution is 2.21. The number of carbonyl (C=O) groups excluding carboxylic acids is 5. The topological polar surface area (TPSA) is 134 Å². The number of carbonyl (C=O) groups is 5. The van der Waals surface area contributed by atoms with Crippen LogP contribution in [0.3, 0.4) is 0 Å². The molecular weight excluding hydrogens is 759 g/mol. The highest BCUT2D eigenvalue weighted by atomic mass is 16.6. The van der Waals surface area contributed by atoms with Crippen LogP contribution in [0.25, 0.3) is 0 Å². The molecule has 0 aliphatic carbocycles. The molecule has 0 aromatic rings. The van der Waals surface area contributed by atoms with E-state index >= 15 is 0 Å². The third kappa shape index (κ3) is 37.1. The van der Waals surface area contributed by atoms with Crippen LogP contribution < -0.4 is 5.32 Å². The van der Waals surface area contributed by atoms with Gasteiger partial charge in [-0.15, -0.1) is 0 Å². The van der Waals surface area contributed by atoms with E-state index in [1.54, 1.807) is 0 Å². The monoisotopic (exact) mass is 852 g/mol. The predicted molar refractivity (Wildman–Crippen MR) is 244 cm³/mol. The highest BCUT2D eigenvalue weighted by molar-refractivity contribution is 5.83. The van der Waals surface area contributed by atoms with Crippen LogP contribution in [0, 0.1) is 0 Å². The van der Waals surface area contributed by atoms with E-state index in [9.17, 15) is 24.0 Å². The highest BCUT2D eigenvalue weighted by Gasteiger charge is 2.38. The molecular formula is C50H93NO9. The molecule has 10 nitrogen and oxygen atoms in total. The van der Waals surface area contributed by atoms with Gasteiger partial charge in [-0.1, -0.05) is 206 Å². The van der Waals surface area contributed by atoms with Crippen molar-refractivity contribution < 1.29 is 42.9 Å². The third-order valence-electron chi connectivity index (χ3n) is 11.4. The van der Waals surface area contributed by atoms with Gasteiger partial charge in [0.1, 0.15) is 18.8 Å². The van der Waals surface area contributed by atoms with Crippen LogP contribution >= 0.6 is 0 Å². The maximum atomic E-state index is 13.7. The number of esters is 4. The van der Waals surface area contributed by atoms with Crippen molar-refractivity contribution in [2.24, 2.45) is 0 Å². The van der Waals surface area contributed by atoms with Gasteiger partial charge in [-0.05, 0) is 25.7 Å². The molecule has 0 aromatic heterocycles. The summed E-state index contributed by atoms with van der Waals surface area (Å²) in [4.78, 5) is 62.3. The number of unbranched alkanes of at least 4 members (excludes halogenated alkanes) is 30. The second kappa shape index (κ2) is 41.7. The van der Waals surface area contributed by atoms with Crippen LogP contribution in [0.2, 0.25) is 0 Å². The zero-order valence-electron chi connectivity index (χ0n) is 39.7. The van der Waals surface area contributed by atoms with E-state index in [4.69, 9.17) is 18.9 Å². The minimum absolute atomic E-state index is 0.318. The Morgan fingerprint density at radius 3 is 1.02 bits per heavy atom. The van der Waals surface area contributed by atoms with E-state index in [1.807, 2.05) is 0 Å². The van der Waals surface area contributed by atoms with Crippen molar-refractivity contribution in [1.82, 2.24) is 5.32 Å². The van der Waals surface area contributed by atoms with E-state index in [-0.39, 0.29) is 6.61 Å². The van der Waals surface area contributed by atoms with E-state index in [2.05, 4.69) is 19.2 Å². The molecule has 10 heteroatoms. The zero-order chi connectivity index (χ0) is 44.5. The summed E-state index contributed by atoms with van der Waals surface area (Å²) in [5, 5.41) is 2.83. The van der Waals surface area contributed by atoms with Gasteiger partial charge in [0.15, 0.2) is 12.2 Å². The third-order valence-corrected chi connectivity index (χ3v) is 11.4. The predicted octanol–water partition coefficient (Wildman–Crippen LogP) is 13.1. The zero-order valence-corrected chi connectivity index (χ0v) is 39.7. The fourth-order valence-electron chi connectivity index (χ4n) is 8.03. The van der Waals surface area contributed by atoms with Crippen LogP contribution in [0.15, 0.2) is 0 Å². The van der Waals surface area contributed by atoms with Crippen molar-refractivity contribution in [2.45, 2.75) is 284 Å². The van der Waals surface area contributed by atoms with Crippen molar-refractivity contribution in [1.29, 1.82) is 0 Å². The van der Waals surface area contributed by atoms with Crippen molar-refractivity contribution >= 4 is 29.8 Å². The normalized spacial score (nSPS) is 13.2. The lowest BCUT2D eigenvalue weighted by molar-refractivity contribution is -0.172. The van der Waals surface area contributed by atoms with Gasteiger partial charge in [0.05, 0.1) is 0 Å². The molecule has 4 atom stereocenters. The first-order chi connectivity index (χ1) is 29.0. The summed E-state index contributed by atoms with van der Waals surface area (Å²) in [6.45, 7) is 9.23. The molecule has 0 saturated heterocycles. The molecule has 0 heterocycles. The van der Waals surface area contributed by atoms with Crippen molar-refractivity contribution in [3.8, 4) is 0 Å². The smallest absolute Gasteiger partial charge is 0.303 e.